The molecule has 0 unspecified atom stereocenters. The number of nitrogens with one attached hydrogen (secondary N) is 1. The summed E-state index contributed by atoms with van der Waals surface area (Å²) in [5, 5.41) is 2.14. The van der Waals surface area contributed by atoms with E-state index in [9.17, 15) is 26.4 Å². The zero-order chi connectivity index (χ0) is 20.7. The SMILES string of the molecule is O=C(Nc1cc(Cl)cc(C(F)(F)F)c1)c1cc(N2CCCS2(=O)=O)ccc1Cl. The molecule has 3 rings (SSSR count). The van der Waals surface area contributed by atoms with E-state index < -0.39 is 27.7 Å². The maximum Gasteiger partial charge on any atom is 0.416 e. The minimum absolute atomic E-state index is 0.000109. The molecule has 0 spiro atoms. The predicted molar refractivity (Wildman–Crippen MR) is 102 cm³/mol. The summed E-state index contributed by atoms with van der Waals surface area (Å²) in [6.07, 6.45) is -4.18. The minimum atomic E-state index is -4.63. The van der Waals surface area contributed by atoms with Gasteiger partial charge in [0.1, 0.15) is 0 Å². The van der Waals surface area contributed by atoms with Gasteiger partial charge in [0.2, 0.25) is 10.0 Å². The molecule has 2 aromatic rings. The van der Waals surface area contributed by atoms with Gasteiger partial charge in [-0.15, -0.1) is 0 Å². The standard InChI is InChI=1S/C17H13Cl2F3N2O3S/c18-11-6-10(17(20,21)22)7-12(8-11)23-16(25)14-9-13(2-3-15(14)19)24-4-1-5-28(24,26)27/h2-3,6-9H,1,4-5H2,(H,23,25). The van der Waals surface area contributed by atoms with Gasteiger partial charge in [0, 0.05) is 17.3 Å². The lowest BCUT2D eigenvalue weighted by Gasteiger charge is -2.18. The summed E-state index contributed by atoms with van der Waals surface area (Å²) >= 11 is 11.7. The maximum atomic E-state index is 12.9. The van der Waals surface area contributed by atoms with Crippen molar-refractivity contribution >= 4 is 50.5 Å². The van der Waals surface area contributed by atoms with E-state index in [1.54, 1.807) is 0 Å². The summed E-state index contributed by atoms with van der Waals surface area (Å²) in [4.78, 5) is 12.5. The first kappa shape index (κ1) is 20.8. The molecule has 0 bridgehead atoms. The Morgan fingerprint density at radius 1 is 1.11 bits per heavy atom. The van der Waals surface area contributed by atoms with Crippen molar-refractivity contribution in [3.05, 3.63) is 57.6 Å². The highest BCUT2D eigenvalue weighted by Gasteiger charge is 2.32. The van der Waals surface area contributed by atoms with Crippen LogP contribution >= 0.6 is 23.2 Å². The van der Waals surface area contributed by atoms with E-state index in [2.05, 4.69) is 5.32 Å². The number of hydrogen-bond donors (Lipinski definition) is 1. The van der Waals surface area contributed by atoms with Gasteiger partial charge >= 0.3 is 6.18 Å². The van der Waals surface area contributed by atoms with E-state index in [1.165, 1.54) is 22.5 Å². The Balaban J connectivity index is 1.91. The largest absolute Gasteiger partial charge is 0.416 e. The number of hydrogen-bond acceptors (Lipinski definition) is 3. The van der Waals surface area contributed by atoms with Crippen LogP contribution in [0.15, 0.2) is 36.4 Å². The summed E-state index contributed by atoms with van der Waals surface area (Å²) in [5.41, 5.74) is -0.998. The average Bonchev–Trinajstić information content (AvgIpc) is 2.93. The summed E-state index contributed by atoms with van der Waals surface area (Å²) in [5.74, 6) is -0.793. The zero-order valence-corrected chi connectivity index (χ0v) is 16.4. The topological polar surface area (TPSA) is 66.5 Å². The third-order valence-electron chi connectivity index (χ3n) is 4.06. The van der Waals surface area contributed by atoms with Gasteiger partial charge in [-0.3, -0.25) is 9.10 Å². The second kappa shape index (κ2) is 7.46. The normalized spacial score (nSPS) is 16.2. The van der Waals surface area contributed by atoms with E-state index in [0.717, 1.165) is 18.2 Å². The fourth-order valence-corrected chi connectivity index (χ4v) is 4.79. The number of carbonyl (C=O) groups is 1. The van der Waals surface area contributed by atoms with Gasteiger partial charge in [-0.1, -0.05) is 23.2 Å². The van der Waals surface area contributed by atoms with Crippen LogP contribution in [0.1, 0.15) is 22.3 Å². The fraction of sp³-hybridized carbons (Fsp3) is 0.235. The highest BCUT2D eigenvalue weighted by atomic mass is 35.5. The van der Waals surface area contributed by atoms with Crippen LogP contribution in [0.4, 0.5) is 24.5 Å². The Bertz CT molecular complexity index is 1040. The molecule has 0 aromatic heterocycles. The number of amides is 1. The Morgan fingerprint density at radius 3 is 2.43 bits per heavy atom. The summed E-state index contributed by atoms with van der Waals surface area (Å²) in [6, 6.07) is 6.75. The summed E-state index contributed by atoms with van der Waals surface area (Å²) < 4.78 is 64.0. The third-order valence-corrected chi connectivity index (χ3v) is 6.48. The van der Waals surface area contributed by atoms with Crippen LogP contribution in [0.25, 0.3) is 0 Å². The van der Waals surface area contributed by atoms with E-state index in [0.29, 0.717) is 6.42 Å². The quantitative estimate of drug-likeness (QED) is 0.726. The van der Waals surface area contributed by atoms with E-state index in [1.807, 2.05) is 0 Å². The molecule has 28 heavy (non-hydrogen) atoms. The number of alkyl halides is 3. The second-order valence-electron chi connectivity index (χ2n) is 6.09. The molecule has 150 valence electrons. The highest BCUT2D eigenvalue weighted by molar-refractivity contribution is 7.93. The molecule has 1 N–H and O–H groups in total. The van der Waals surface area contributed by atoms with Crippen LogP contribution in [-0.4, -0.2) is 26.6 Å². The van der Waals surface area contributed by atoms with Crippen LogP contribution in [-0.2, 0) is 16.2 Å². The monoisotopic (exact) mass is 452 g/mol. The molecule has 1 fully saturated rings. The lowest BCUT2D eigenvalue weighted by Crippen LogP contribution is -2.25. The molecular formula is C17H13Cl2F3N2O3S. The highest BCUT2D eigenvalue weighted by Crippen LogP contribution is 2.34. The average molecular weight is 453 g/mol. The van der Waals surface area contributed by atoms with Crippen molar-refractivity contribution in [1.29, 1.82) is 0 Å². The van der Waals surface area contributed by atoms with Crippen molar-refractivity contribution < 1.29 is 26.4 Å². The molecule has 11 heteroatoms. The number of anilines is 2. The first-order valence-electron chi connectivity index (χ1n) is 7.96. The van der Waals surface area contributed by atoms with E-state index >= 15 is 0 Å². The smallest absolute Gasteiger partial charge is 0.322 e. The summed E-state index contributed by atoms with van der Waals surface area (Å²) in [7, 11) is -3.47. The second-order valence-corrected chi connectivity index (χ2v) is 8.94. The van der Waals surface area contributed by atoms with Crippen LogP contribution < -0.4 is 9.62 Å². The molecule has 5 nitrogen and oxygen atoms in total. The molecule has 0 radical (unpaired) electrons. The molecule has 1 heterocycles. The molecule has 1 amide bonds. The fourth-order valence-electron chi connectivity index (χ4n) is 2.80. The zero-order valence-electron chi connectivity index (χ0n) is 14.1. The molecule has 2 aromatic carbocycles. The lowest BCUT2D eigenvalue weighted by molar-refractivity contribution is -0.137. The Labute approximate surface area is 169 Å². The van der Waals surface area contributed by atoms with Crippen LogP contribution in [0, 0.1) is 0 Å². The molecule has 1 aliphatic heterocycles. The van der Waals surface area contributed by atoms with Crippen molar-refractivity contribution in [3.63, 3.8) is 0 Å². The number of carbonyl (C=O) groups excluding carboxylic acids is 1. The number of halogens is 5. The van der Waals surface area contributed by atoms with Gasteiger partial charge in [0.15, 0.2) is 0 Å². The maximum absolute atomic E-state index is 12.9. The Kier molecular flexibility index (Phi) is 5.53. The summed E-state index contributed by atoms with van der Waals surface area (Å²) in [6.45, 7) is 0.272. The number of sulfonamides is 1. The van der Waals surface area contributed by atoms with Crippen molar-refractivity contribution in [3.8, 4) is 0 Å². The van der Waals surface area contributed by atoms with Crippen LogP contribution in [0.5, 0.6) is 0 Å². The van der Waals surface area contributed by atoms with Gasteiger partial charge < -0.3 is 5.32 Å². The van der Waals surface area contributed by atoms with Crippen molar-refractivity contribution in [1.82, 2.24) is 0 Å². The van der Waals surface area contributed by atoms with Crippen molar-refractivity contribution in [2.45, 2.75) is 12.6 Å². The first-order valence-corrected chi connectivity index (χ1v) is 10.3. The Morgan fingerprint density at radius 2 is 1.82 bits per heavy atom. The molecule has 0 aliphatic carbocycles. The molecule has 0 saturated carbocycles. The van der Waals surface area contributed by atoms with Crippen LogP contribution in [0.2, 0.25) is 10.0 Å². The molecular weight excluding hydrogens is 440 g/mol. The van der Waals surface area contributed by atoms with Gasteiger partial charge in [-0.2, -0.15) is 13.2 Å². The van der Waals surface area contributed by atoms with Crippen molar-refractivity contribution in [2.75, 3.05) is 21.9 Å². The van der Waals surface area contributed by atoms with Crippen LogP contribution in [0.3, 0.4) is 0 Å². The van der Waals surface area contributed by atoms with Gasteiger partial charge in [-0.05, 0) is 42.8 Å². The number of nitrogens with zero attached hydrogens (tertiary/aromatic N) is 1. The van der Waals surface area contributed by atoms with E-state index in [4.69, 9.17) is 23.2 Å². The van der Waals surface area contributed by atoms with Gasteiger partial charge in [0.25, 0.3) is 5.91 Å². The molecule has 1 saturated heterocycles. The van der Waals surface area contributed by atoms with Gasteiger partial charge in [-0.25, -0.2) is 8.42 Å². The number of benzene rings is 2. The third kappa shape index (κ3) is 4.37. The molecule has 1 aliphatic rings. The van der Waals surface area contributed by atoms with Crippen molar-refractivity contribution in [2.24, 2.45) is 0 Å². The predicted octanol–water partition coefficient (Wildman–Crippen LogP) is 4.80. The molecule has 0 atom stereocenters. The Hall–Kier alpha value is -1.97. The lowest BCUT2D eigenvalue weighted by atomic mass is 10.1. The first-order chi connectivity index (χ1) is 13.0. The number of rotatable bonds is 3. The van der Waals surface area contributed by atoms with Gasteiger partial charge in [0.05, 0.1) is 27.6 Å². The van der Waals surface area contributed by atoms with E-state index in [-0.39, 0.29) is 39.3 Å². The minimum Gasteiger partial charge on any atom is -0.322 e.